The van der Waals surface area contributed by atoms with E-state index in [-0.39, 0.29) is 5.82 Å². The van der Waals surface area contributed by atoms with Crippen LogP contribution in [0.4, 0.5) is 4.39 Å². The van der Waals surface area contributed by atoms with Crippen molar-refractivity contribution < 1.29 is 8.81 Å². The van der Waals surface area contributed by atoms with Crippen LogP contribution in [0.3, 0.4) is 0 Å². The number of aryl methyl sites for hydroxylation is 1. The third-order valence-electron chi connectivity index (χ3n) is 4.12. The highest BCUT2D eigenvalue weighted by molar-refractivity contribution is 5.79. The summed E-state index contributed by atoms with van der Waals surface area (Å²) in [4.78, 5) is 8.72. The molecule has 0 bridgehead atoms. The minimum atomic E-state index is -0.237. The summed E-state index contributed by atoms with van der Waals surface area (Å²) in [5.41, 5.74) is 4.04. The molecule has 5 nitrogen and oxygen atoms in total. The van der Waals surface area contributed by atoms with E-state index in [0.717, 1.165) is 16.8 Å². The molecule has 0 unspecified atom stereocenters. The van der Waals surface area contributed by atoms with Gasteiger partial charge in [0, 0.05) is 32.1 Å². The number of hydrogen-bond acceptors (Lipinski definition) is 3. The molecule has 0 aliphatic rings. The van der Waals surface area contributed by atoms with Gasteiger partial charge in [-0.2, -0.15) is 0 Å². The zero-order valence-electron chi connectivity index (χ0n) is 15.5. The molecule has 1 aromatic heterocycles. The van der Waals surface area contributed by atoms with Crippen LogP contribution < -0.4 is 10.6 Å². The average molecular weight is 366 g/mol. The fourth-order valence-corrected chi connectivity index (χ4v) is 2.57. The predicted octanol–water partition coefficient (Wildman–Crippen LogP) is 3.70. The third kappa shape index (κ3) is 5.41. The summed E-state index contributed by atoms with van der Waals surface area (Å²) in [6, 6.07) is 14.5. The number of hydrogen-bond donors (Lipinski definition) is 2. The normalized spacial score (nSPS) is 11.4. The number of nitrogens with one attached hydrogen (secondary N) is 2. The Bertz CT molecular complexity index is 885. The van der Waals surface area contributed by atoms with E-state index in [4.69, 9.17) is 4.42 Å². The van der Waals surface area contributed by atoms with Gasteiger partial charge in [-0.15, -0.1) is 0 Å². The minimum Gasteiger partial charge on any atom is -0.444 e. The molecule has 0 saturated carbocycles. The van der Waals surface area contributed by atoms with Crippen molar-refractivity contribution in [2.45, 2.75) is 19.9 Å². The van der Waals surface area contributed by atoms with Gasteiger partial charge in [0.2, 0.25) is 5.89 Å². The number of nitrogens with zero attached hydrogens (tertiary/aromatic N) is 2. The van der Waals surface area contributed by atoms with E-state index in [1.807, 2.05) is 31.2 Å². The first-order valence-corrected chi connectivity index (χ1v) is 8.84. The Morgan fingerprint density at radius 1 is 1.07 bits per heavy atom. The summed E-state index contributed by atoms with van der Waals surface area (Å²) in [5, 5.41) is 6.44. The van der Waals surface area contributed by atoms with Gasteiger partial charge in [0.15, 0.2) is 5.96 Å². The Morgan fingerprint density at radius 3 is 2.52 bits per heavy atom. The van der Waals surface area contributed by atoms with Crippen molar-refractivity contribution >= 4 is 5.96 Å². The summed E-state index contributed by atoms with van der Waals surface area (Å²) < 4.78 is 18.5. The fraction of sp³-hybridized carbons (Fsp3) is 0.238. The summed E-state index contributed by atoms with van der Waals surface area (Å²) in [6.07, 6.45) is 2.40. The van der Waals surface area contributed by atoms with Crippen LogP contribution in [0.2, 0.25) is 0 Å². The van der Waals surface area contributed by atoms with E-state index in [1.54, 1.807) is 25.4 Å². The summed E-state index contributed by atoms with van der Waals surface area (Å²) >= 11 is 0. The molecule has 0 radical (unpaired) electrons. The first kappa shape index (κ1) is 18.6. The number of guanidine groups is 1. The molecule has 140 valence electrons. The predicted molar refractivity (Wildman–Crippen MR) is 105 cm³/mol. The van der Waals surface area contributed by atoms with E-state index in [2.05, 4.69) is 20.6 Å². The van der Waals surface area contributed by atoms with E-state index >= 15 is 0 Å². The van der Waals surface area contributed by atoms with Gasteiger partial charge in [-0.3, -0.25) is 4.99 Å². The highest BCUT2D eigenvalue weighted by Gasteiger charge is 2.07. The van der Waals surface area contributed by atoms with Crippen LogP contribution >= 0.6 is 0 Å². The van der Waals surface area contributed by atoms with Gasteiger partial charge in [-0.1, -0.05) is 29.8 Å². The molecule has 0 aliphatic heterocycles. The van der Waals surface area contributed by atoms with Crippen LogP contribution in [0.25, 0.3) is 11.5 Å². The van der Waals surface area contributed by atoms with E-state index in [1.165, 1.54) is 17.7 Å². The molecule has 27 heavy (non-hydrogen) atoms. The zero-order valence-corrected chi connectivity index (χ0v) is 15.5. The van der Waals surface area contributed by atoms with Crippen molar-refractivity contribution in [3.05, 3.63) is 77.4 Å². The Hall–Kier alpha value is -3.15. The van der Waals surface area contributed by atoms with Crippen molar-refractivity contribution in [2.24, 2.45) is 4.99 Å². The van der Waals surface area contributed by atoms with Crippen LogP contribution in [0, 0.1) is 12.7 Å². The quantitative estimate of drug-likeness (QED) is 0.516. The molecule has 6 heteroatoms. The monoisotopic (exact) mass is 366 g/mol. The second-order valence-electron chi connectivity index (χ2n) is 6.24. The molecule has 0 spiro atoms. The first-order chi connectivity index (χ1) is 13.1. The van der Waals surface area contributed by atoms with Gasteiger partial charge in [-0.05, 0) is 36.8 Å². The maximum Gasteiger partial charge on any atom is 0.226 e. The van der Waals surface area contributed by atoms with Crippen LogP contribution in [0.5, 0.6) is 0 Å². The van der Waals surface area contributed by atoms with Gasteiger partial charge in [-0.25, -0.2) is 9.37 Å². The summed E-state index contributed by atoms with van der Waals surface area (Å²) in [7, 11) is 1.71. The highest BCUT2D eigenvalue weighted by atomic mass is 19.1. The Balaban J connectivity index is 1.47. The lowest BCUT2D eigenvalue weighted by Crippen LogP contribution is -2.37. The van der Waals surface area contributed by atoms with Crippen molar-refractivity contribution in [2.75, 3.05) is 13.6 Å². The van der Waals surface area contributed by atoms with E-state index < -0.39 is 0 Å². The standard InChI is InChI=1S/C21H23FN4O/c1-15-3-7-17(8-4-15)20-26-19(14-27-20)11-12-24-21(23-2)25-13-16-5-9-18(22)10-6-16/h3-10,14H,11-13H2,1-2H3,(H2,23,24,25). The largest absolute Gasteiger partial charge is 0.444 e. The van der Waals surface area contributed by atoms with Crippen LogP contribution in [0.1, 0.15) is 16.8 Å². The molecule has 2 aromatic carbocycles. The number of aromatic nitrogens is 1. The number of rotatable bonds is 6. The first-order valence-electron chi connectivity index (χ1n) is 8.84. The van der Waals surface area contributed by atoms with Crippen molar-refractivity contribution in [1.29, 1.82) is 0 Å². The highest BCUT2D eigenvalue weighted by Crippen LogP contribution is 2.19. The second kappa shape index (κ2) is 8.98. The molecule has 3 rings (SSSR count). The number of halogens is 1. The van der Waals surface area contributed by atoms with E-state index in [0.29, 0.717) is 31.4 Å². The van der Waals surface area contributed by atoms with Crippen LogP contribution in [-0.4, -0.2) is 24.5 Å². The molecule has 0 atom stereocenters. The molecule has 1 heterocycles. The molecule has 0 aliphatic carbocycles. The topological polar surface area (TPSA) is 62.5 Å². The molecule has 0 amide bonds. The number of oxazole rings is 1. The molecular weight excluding hydrogens is 343 g/mol. The van der Waals surface area contributed by atoms with E-state index in [9.17, 15) is 4.39 Å². The SMILES string of the molecule is CN=C(NCCc1coc(-c2ccc(C)cc2)n1)NCc1ccc(F)cc1. The smallest absolute Gasteiger partial charge is 0.226 e. The molecular formula is C21H23FN4O. The van der Waals surface area contributed by atoms with Gasteiger partial charge in [0.05, 0.1) is 5.69 Å². The molecule has 0 fully saturated rings. The van der Waals surface area contributed by atoms with Gasteiger partial charge >= 0.3 is 0 Å². The van der Waals surface area contributed by atoms with Crippen molar-refractivity contribution in [3.63, 3.8) is 0 Å². The lowest BCUT2D eigenvalue weighted by atomic mass is 10.1. The van der Waals surface area contributed by atoms with Crippen LogP contribution in [-0.2, 0) is 13.0 Å². The second-order valence-corrected chi connectivity index (χ2v) is 6.24. The number of benzene rings is 2. The maximum atomic E-state index is 12.9. The Morgan fingerprint density at radius 2 is 1.81 bits per heavy atom. The van der Waals surface area contributed by atoms with Crippen molar-refractivity contribution in [3.8, 4) is 11.5 Å². The fourth-order valence-electron chi connectivity index (χ4n) is 2.57. The minimum absolute atomic E-state index is 0.237. The Kier molecular flexibility index (Phi) is 6.20. The molecule has 0 saturated heterocycles. The lowest BCUT2D eigenvalue weighted by Gasteiger charge is -2.11. The molecule has 3 aromatic rings. The van der Waals surface area contributed by atoms with Gasteiger partial charge in [0.25, 0.3) is 0 Å². The summed E-state index contributed by atoms with van der Waals surface area (Å²) in [6.45, 7) is 3.29. The Labute approximate surface area is 158 Å². The maximum absolute atomic E-state index is 12.9. The summed E-state index contributed by atoms with van der Waals surface area (Å²) in [5.74, 6) is 1.07. The third-order valence-corrected chi connectivity index (χ3v) is 4.12. The van der Waals surface area contributed by atoms with Crippen molar-refractivity contribution in [1.82, 2.24) is 15.6 Å². The van der Waals surface area contributed by atoms with Gasteiger partial charge in [0.1, 0.15) is 12.1 Å². The zero-order chi connectivity index (χ0) is 19.1. The average Bonchev–Trinajstić information content (AvgIpc) is 3.15. The van der Waals surface area contributed by atoms with Gasteiger partial charge < -0.3 is 15.1 Å². The number of aliphatic imine (C=N–C) groups is 1. The van der Waals surface area contributed by atoms with Crippen LogP contribution in [0.15, 0.2) is 64.2 Å². The lowest BCUT2D eigenvalue weighted by molar-refractivity contribution is 0.572. The molecule has 2 N–H and O–H groups in total.